The fourth-order valence-corrected chi connectivity index (χ4v) is 2.03. The van der Waals surface area contributed by atoms with Crippen LogP contribution in [-0.4, -0.2) is 7.11 Å². The highest BCUT2D eigenvalue weighted by molar-refractivity contribution is 5.66. The molecule has 0 aliphatic heterocycles. The molecular weight excluding hydrogens is 184 g/mol. The zero-order valence-corrected chi connectivity index (χ0v) is 9.49. The van der Waals surface area contributed by atoms with Crippen LogP contribution in [0.1, 0.15) is 31.7 Å². The van der Waals surface area contributed by atoms with Gasteiger partial charge >= 0.3 is 0 Å². The van der Waals surface area contributed by atoms with Crippen molar-refractivity contribution in [2.45, 2.75) is 26.2 Å². The SMILES string of the molecule is COc1ccc(C2=CCC(C)CC2)cc1. The number of methoxy groups -OCH3 is 1. The second kappa shape index (κ2) is 4.52. The van der Waals surface area contributed by atoms with Crippen molar-refractivity contribution in [1.82, 2.24) is 0 Å². The van der Waals surface area contributed by atoms with E-state index in [0.29, 0.717) is 0 Å². The Bertz CT molecular complexity index is 348. The molecule has 1 atom stereocenters. The number of hydrogen-bond acceptors (Lipinski definition) is 1. The first-order valence-corrected chi connectivity index (χ1v) is 5.63. The van der Waals surface area contributed by atoms with Crippen LogP contribution in [0.25, 0.3) is 5.57 Å². The van der Waals surface area contributed by atoms with Crippen LogP contribution in [0, 0.1) is 5.92 Å². The lowest BCUT2D eigenvalue weighted by Crippen LogP contribution is -2.00. The number of hydrogen-bond donors (Lipinski definition) is 0. The van der Waals surface area contributed by atoms with Crippen molar-refractivity contribution in [1.29, 1.82) is 0 Å². The lowest BCUT2D eigenvalue weighted by molar-refractivity contribution is 0.414. The van der Waals surface area contributed by atoms with Gasteiger partial charge in [0.2, 0.25) is 0 Å². The molecule has 1 aromatic rings. The Morgan fingerprint density at radius 2 is 1.93 bits per heavy atom. The summed E-state index contributed by atoms with van der Waals surface area (Å²) >= 11 is 0. The van der Waals surface area contributed by atoms with E-state index in [4.69, 9.17) is 4.74 Å². The van der Waals surface area contributed by atoms with Crippen molar-refractivity contribution < 1.29 is 4.74 Å². The standard InChI is InChI=1S/C14H18O/c1-11-3-5-12(6-4-11)13-7-9-14(15-2)10-8-13/h5,7-11H,3-4,6H2,1-2H3. The monoisotopic (exact) mass is 202 g/mol. The normalized spacial score (nSPS) is 20.9. The summed E-state index contributed by atoms with van der Waals surface area (Å²) in [6, 6.07) is 8.38. The molecular formula is C14H18O. The maximum Gasteiger partial charge on any atom is 0.118 e. The van der Waals surface area contributed by atoms with Gasteiger partial charge < -0.3 is 4.74 Å². The molecule has 0 N–H and O–H groups in total. The molecule has 1 nitrogen and oxygen atoms in total. The van der Waals surface area contributed by atoms with Gasteiger partial charge in [-0.15, -0.1) is 0 Å². The summed E-state index contributed by atoms with van der Waals surface area (Å²) in [5, 5.41) is 0. The Balaban J connectivity index is 2.16. The Hall–Kier alpha value is -1.24. The van der Waals surface area contributed by atoms with E-state index in [1.54, 1.807) is 7.11 Å². The van der Waals surface area contributed by atoms with Gasteiger partial charge in [0, 0.05) is 0 Å². The maximum absolute atomic E-state index is 5.15. The molecule has 1 aliphatic carbocycles. The highest BCUT2D eigenvalue weighted by atomic mass is 16.5. The molecule has 0 saturated carbocycles. The topological polar surface area (TPSA) is 9.23 Å². The first-order valence-electron chi connectivity index (χ1n) is 5.63. The van der Waals surface area contributed by atoms with E-state index in [9.17, 15) is 0 Å². The van der Waals surface area contributed by atoms with Gasteiger partial charge in [-0.25, -0.2) is 0 Å². The molecule has 2 rings (SSSR count). The van der Waals surface area contributed by atoms with E-state index in [1.807, 2.05) is 12.1 Å². The molecule has 0 spiro atoms. The first-order chi connectivity index (χ1) is 7.29. The van der Waals surface area contributed by atoms with Crippen LogP contribution < -0.4 is 4.74 Å². The molecule has 1 unspecified atom stereocenters. The third-order valence-electron chi connectivity index (χ3n) is 3.13. The van der Waals surface area contributed by atoms with E-state index in [2.05, 4.69) is 25.1 Å². The summed E-state index contributed by atoms with van der Waals surface area (Å²) in [6.07, 6.45) is 6.14. The lowest BCUT2D eigenvalue weighted by Gasteiger charge is -2.18. The molecule has 1 aliphatic rings. The zero-order chi connectivity index (χ0) is 10.7. The van der Waals surface area contributed by atoms with Gasteiger partial charge in [0.25, 0.3) is 0 Å². The molecule has 0 heterocycles. The molecule has 0 saturated heterocycles. The maximum atomic E-state index is 5.15. The predicted octanol–water partition coefficient (Wildman–Crippen LogP) is 3.90. The predicted molar refractivity (Wildman–Crippen MR) is 64.0 cm³/mol. The summed E-state index contributed by atoms with van der Waals surface area (Å²) in [6.45, 7) is 2.32. The van der Waals surface area contributed by atoms with E-state index in [0.717, 1.165) is 11.7 Å². The van der Waals surface area contributed by atoms with Crippen molar-refractivity contribution in [3.05, 3.63) is 35.9 Å². The van der Waals surface area contributed by atoms with E-state index >= 15 is 0 Å². The quantitative estimate of drug-likeness (QED) is 0.706. The Labute approximate surface area is 91.8 Å². The van der Waals surface area contributed by atoms with E-state index in [1.165, 1.54) is 30.4 Å². The van der Waals surface area contributed by atoms with Gasteiger partial charge in [0.15, 0.2) is 0 Å². The van der Waals surface area contributed by atoms with Crippen LogP contribution in [0.3, 0.4) is 0 Å². The highest BCUT2D eigenvalue weighted by Crippen LogP contribution is 2.30. The molecule has 80 valence electrons. The smallest absolute Gasteiger partial charge is 0.118 e. The van der Waals surface area contributed by atoms with Gasteiger partial charge in [-0.3, -0.25) is 0 Å². The Kier molecular flexibility index (Phi) is 3.10. The fourth-order valence-electron chi connectivity index (χ4n) is 2.03. The zero-order valence-electron chi connectivity index (χ0n) is 9.49. The van der Waals surface area contributed by atoms with Crippen LogP contribution in [0.4, 0.5) is 0 Å². The molecule has 0 aromatic heterocycles. The summed E-state index contributed by atoms with van der Waals surface area (Å²) in [5.41, 5.74) is 2.85. The van der Waals surface area contributed by atoms with Crippen molar-refractivity contribution in [3.8, 4) is 5.75 Å². The van der Waals surface area contributed by atoms with Gasteiger partial charge in [-0.2, -0.15) is 0 Å². The fraction of sp³-hybridized carbons (Fsp3) is 0.429. The first kappa shape index (κ1) is 10.3. The van der Waals surface area contributed by atoms with Gasteiger partial charge in [-0.1, -0.05) is 25.1 Å². The number of ether oxygens (including phenoxy) is 1. The molecule has 0 amide bonds. The summed E-state index contributed by atoms with van der Waals surface area (Å²) in [4.78, 5) is 0. The third-order valence-corrected chi connectivity index (χ3v) is 3.13. The van der Waals surface area contributed by atoms with Gasteiger partial charge in [0.1, 0.15) is 5.75 Å². The Morgan fingerprint density at radius 3 is 2.47 bits per heavy atom. The van der Waals surface area contributed by atoms with Crippen LogP contribution in [0.5, 0.6) is 5.75 Å². The van der Waals surface area contributed by atoms with Crippen LogP contribution in [-0.2, 0) is 0 Å². The highest BCUT2D eigenvalue weighted by Gasteiger charge is 2.11. The average molecular weight is 202 g/mol. The van der Waals surface area contributed by atoms with Crippen LogP contribution in [0.2, 0.25) is 0 Å². The van der Waals surface area contributed by atoms with Crippen LogP contribution >= 0.6 is 0 Å². The summed E-state index contributed by atoms with van der Waals surface area (Å²) < 4.78 is 5.15. The molecule has 0 fully saturated rings. The second-order valence-corrected chi connectivity index (χ2v) is 4.34. The van der Waals surface area contributed by atoms with Crippen molar-refractivity contribution in [3.63, 3.8) is 0 Å². The molecule has 1 heteroatoms. The molecule has 1 aromatic carbocycles. The third kappa shape index (κ3) is 2.41. The molecule has 0 radical (unpaired) electrons. The van der Waals surface area contributed by atoms with Crippen molar-refractivity contribution in [2.75, 3.05) is 7.11 Å². The number of allylic oxidation sites excluding steroid dienone is 2. The lowest BCUT2D eigenvalue weighted by atomic mass is 9.88. The molecule has 0 bridgehead atoms. The summed E-state index contributed by atoms with van der Waals surface area (Å²) in [7, 11) is 1.70. The van der Waals surface area contributed by atoms with E-state index < -0.39 is 0 Å². The van der Waals surface area contributed by atoms with Crippen molar-refractivity contribution >= 4 is 5.57 Å². The number of rotatable bonds is 2. The number of benzene rings is 1. The van der Waals surface area contributed by atoms with Gasteiger partial charge in [0.05, 0.1) is 7.11 Å². The van der Waals surface area contributed by atoms with Crippen LogP contribution in [0.15, 0.2) is 30.3 Å². The average Bonchev–Trinajstić information content (AvgIpc) is 2.30. The van der Waals surface area contributed by atoms with Gasteiger partial charge in [-0.05, 0) is 48.4 Å². The summed E-state index contributed by atoms with van der Waals surface area (Å²) in [5.74, 6) is 1.79. The van der Waals surface area contributed by atoms with E-state index in [-0.39, 0.29) is 0 Å². The minimum absolute atomic E-state index is 0.854. The van der Waals surface area contributed by atoms with Crippen molar-refractivity contribution in [2.24, 2.45) is 5.92 Å². The second-order valence-electron chi connectivity index (χ2n) is 4.34. The minimum Gasteiger partial charge on any atom is -0.497 e. The minimum atomic E-state index is 0.854. The largest absolute Gasteiger partial charge is 0.497 e. The molecule has 15 heavy (non-hydrogen) atoms. The Morgan fingerprint density at radius 1 is 1.20 bits per heavy atom.